The fourth-order valence-corrected chi connectivity index (χ4v) is 2.83. The molecule has 2 N–H and O–H groups in total. The minimum Gasteiger partial charge on any atom is -0.426 e. The fourth-order valence-electron chi connectivity index (χ4n) is 2.74. The van der Waals surface area contributed by atoms with Gasteiger partial charge in [-0.1, -0.05) is 37.6 Å². The predicted molar refractivity (Wildman–Crippen MR) is 107 cm³/mol. The van der Waals surface area contributed by atoms with Gasteiger partial charge >= 0.3 is 11.9 Å². The third-order valence-corrected chi connectivity index (χ3v) is 4.41. The Balaban J connectivity index is 2.45. The van der Waals surface area contributed by atoms with Gasteiger partial charge < -0.3 is 19.7 Å². The van der Waals surface area contributed by atoms with Crippen molar-refractivity contribution in [3.8, 4) is 11.5 Å². The minimum atomic E-state index is -1.39. The molecule has 2 aromatic carbocycles. The van der Waals surface area contributed by atoms with Crippen LogP contribution in [0.1, 0.15) is 45.1 Å². The van der Waals surface area contributed by atoms with Gasteiger partial charge in [-0.3, -0.25) is 9.59 Å². The van der Waals surface area contributed by atoms with E-state index in [4.69, 9.17) is 21.1 Å². The van der Waals surface area contributed by atoms with Crippen molar-refractivity contribution in [1.29, 1.82) is 0 Å². The monoisotopic (exact) mass is 408 g/mol. The summed E-state index contributed by atoms with van der Waals surface area (Å²) in [5, 5.41) is 20.3. The van der Waals surface area contributed by atoms with Crippen LogP contribution in [-0.2, 0) is 16.0 Å². The summed E-state index contributed by atoms with van der Waals surface area (Å²) in [6, 6.07) is 8.37. The minimum absolute atomic E-state index is 0.114. The van der Waals surface area contributed by atoms with Gasteiger partial charge in [-0.05, 0) is 36.6 Å². The molecule has 2 unspecified atom stereocenters. The SMILES string of the molecule is CCCC(=O)Oc1ccc(OC(=O)CCC)c2cc(CC(O)C(O)Cl)ccc12. The third-order valence-electron chi connectivity index (χ3n) is 4.12. The number of benzene rings is 2. The number of hydrogen-bond acceptors (Lipinski definition) is 6. The number of carbonyl (C=O) groups is 2. The van der Waals surface area contributed by atoms with Gasteiger partial charge in [-0.15, -0.1) is 0 Å². The Hall–Kier alpha value is -2.15. The summed E-state index contributed by atoms with van der Waals surface area (Å²) >= 11 is 5.52. The van der Waals surface area contributed by atoms with E-state index >= 15 is 0 Å². The predicted octanol–water partition coefficient (Wildman–Crippen LogP) is 3.71. The highest BCUT2D eigenvalue weighted by atomic mass is 35.5. The van der Waals surface area contributed by atoms with Crippen LogP contribution in [-0.4, -0.2) is 33.8 Å². The molecule has 0 saturated carbocycles. The largest absolute Gasteiger partial charge is 0.426 e. The summed E-state index contributed by atoms with van der Waals surface area (Å²) in [5.74, 6) is 0.00477. The molecule has 0 aliphatic heterocycles. The number of aliphatic hydroxyl groups is 2. The van der Waals surface area contributed by atoms with Crippen molar-refractivity contribution in [2.45, 2.75) is 57.6 Å². The molecule has 0 amide bonds. The fraction of sp³-hybridized carbons (Fsp3) is 0.429. The lowest BCUT2D eigenvalue weighted by molar-refractivity contribution is -0.135. The van der Waals surface area contributed by atoms with Gasteiger partial charge in [0.2, 0.25) is 0 Å². The van der Waals surface area contributed by atoms with E-state index in [-0.39, 0.29) is 24.8 Å². The van der Waals surface area contributed by atoms with E-state index in [1.54, 1.807) is 30.3 Å². The van der Waals surface area contributed by atoms with Crippen molar-refractivity contribution in [3.05, 3.63) is 35.9 Å². The molecule has 2 aromatic rings. The van der Waals surface area contributed by atoms with Gasteiger partial charge in [0.15, 0.2) is 5.56 Å². The van der Waals surface area contributed by atoms with Gasteiger partial charge in [-0.2, -0.15) is 0 Å². The molecule has 0 saturated heterocycles. The lowest BCUT2D eigenvalue weighted by Crippen LogP contribution is -2.22. The molecule has 2 atom stereocenters. The number of hydrogen-bond donors (Lipinski definition) is 2. The molecule has 28 heavy (non-hydrogen) atoms. The Labute approximate surface area is 169 Å². The highest BCUT2D eigenvalue weighted by molar-refractivity contribution is 6.19. The first-order valence-corrected chi connectivity index (χ1v) is 9.76. The van der Waals surface area contributed by atoms with Crippen molar-refractivity contribution < 1.29 is 29.3 Å². The Bertz CT molecular complexity index is 833. The summed E-state index contributed by atoms with van der Waals surface area (Å²) in [6.07, 6.45) is 0.887. The van der Waals surface area contributed by atoms with Crippen LogP contribution < -0.4 is 9.47 Å². The number of fused-ring (bicyclic) bond motifs is 1. The molecule has 0 aromatic heterocycles. The molecular weight excluding hydrogens is 384 g/mol. The lowest BCUT2D eigenvalue weighted by Gasteiger charge is -2.15. The quantitative estimate of drug-likeness (QED) is 0.373. The van der Waals surface area contributed by atoms with Crippen LogP contribution in [0.3, 0.4) is 0 Å². The molecule has 6 nitrogen and oxygen atoms in total. The van der Waals surface area contributed by atoms with Crippen molar-refractivity contribution in [2.24, 2.45) is 0 Å². The van der Waals surface area contributed by atoms with Crippen LogP contribution in [0, 0.1) is 0 Å². The molecular formula is C21H25ClO6. The van der Waals surface area contributed by atoms with Crippen LogP contribution in [0.15, 0.2) is 30.3 Å². The summed E-state index contributed by atoms with van der Waals surface area (Å²) < 4.78 is 10.9. The summed E-state index contributed by atoms with van der Waals surface area (Å²) in [6.45, 7) is 3.77. The zero-order chi connectivity index (χ0) is 20.7. The molecule has 0 bridgehead atoms. The van der Waals surface area contributed by atoms with E-state index in [1.165, 1.54) is 0 Å². The molecule has 0 heterocycles. The molecule has 152 valence electrons. The Kier molecular flexibility index (Phi) is 8.23. The number of rotatable bonds is 9. The number of carbonyl (C=O) groups excluding carboxylic acids is 2. The van der Waals surface area contributed by atoms with Gasteiger partial charge in [0.05, 0.1) is 6.10 Å². The standard InChI is InChI=1S/C21H25ClO6/c1-3-5-19(24)27-17-9-10-18(28-20(25)6-4-2)15-11-13(7-8-14(15)17)12-16(23)21(22)26/h7-11,16,21,23,26H,3-6,12H2,1-2H3. The number of aliphatic hydroxyl groups excluding tert-OH is 2. The van der Waals surface area contributed by atoms with Gasteiger partial charge in [0.25, 0.3) is 0 Å². The first kappa shape index (κ1) is 22.1. The summed E-state index contributed by atoms with van der Waals surface area (Å²) in [4.78, 5) is 23.9. The zero-order valence-electron chi connectivity index (χ0n) is 16.0. The third kappa shape index (κ3) is 5.92. The van der Waals surface area contributed by atoms with E-state index in [0.717, 1.165) is 0 Å². The Morgan fingerprint density at radius 2 is 1.46 bits per heavy atom. The maximum absolute atomic E-state index is 12.0. The molecule has 0 aliphatic carbocycles. The van der Waals surface area contributed by atoms with E-state index < -0.39 is 11.7 Å². The Morgan fingerprint density at radius 1 is 0.929 bits per heavy atom. The smallest absolute Gasteiger partial charge is 0.311 e. The molecule has 0 radical (unpaired) electrons. The van der Waals surface area contributed by atoms with E-state index in [1.807, 2.05) is 13.8 Å². The Morgan fingerprint density at radius 3 is 1.96 bits per heavy atom. The first-order valence-electron chi connectivity index (χ1n) is 9.32. The van der Waals surface area contributed by atoms with Gasteiger partial charge in [0.1, 0.15) is 11.5 Å². The van der Waals surface area contributed by atoms with Crippen LogP contribution >= 0.6 is 11.6 Å². The average Bonchev–Trinajstić information content (AvgIpc) is 2.64. The second kappa shape index (κ2) is 10.4. The van der Waals surface area contributed by atoms with E-state index in [2.05, 4.69) is 0 Å². The maximum atomic E-state index is 12.0. The normalized spacial score (nSPS) is 13.2. The molecule has 2 rings (SSSR count). The molecule has 7 heteroatoms. The first-order chi connectivity index (χ1) is 13.3. The van der Waals surface area contributed by atoms with Crippen LogP contribution in [0.5, 0.6) is 11.5 Å². The number of esters is 2. The van der Waals surface area contributed by atoms with Gasteiger partial charge in [-0.25, -0.2) is 0 Å². The van der Waals surface area contributed by atoms with E-state index in [0.29, 0.717) is 47.1 Å². The van der Waals surface area contributed by atoms with Crippen molar-refractivity contribution in [3.63, 3.8) is 0 Å². The molecule has 0 fully saturated rings. The van der Waals surface area contributed by atoms with Crippen molar-refractivity contribution in [1.82, 2.24) is 0 Å². The van der Waals surface area contributed by atoms with Crippen molar-refractivity contribution >= 4 is 34.3 Å². The summed E-state index contributed by atoms with van der Waals surface area (Å²) in [5.41, 5.74) is -0.705. The highest BCUT2D eigenvalue weighted by Gasteiger charge is 2.17. The second-order valence-corrected chi connectivity index (χ2v) is 6.98. The zero-order valence-corrected chi connectivity index (χ0v) is 16.7. The van der Waals surface area contributed by atoms with Crippen LogP contribution in [0.25, 0.3) is 10.8 Å². The van der Waals surface area contributed by atoms with E-state index in [9.17, 15) is 19.8 Å². The highest BCUT2D eigenvalue weighted by Crippen LogP contribution is 2.35. The number of alkyl halides is 1. The average molecular weight is 409 g/mol. The number of ether oxygens (including phenoxy) is 2. The number of halogens is 1. The van der Waals surface area contributed by atoms with Crippen LogP contribution in [0.2, 0.25) is 0 Å². The van der Waals surface area contributed by atoms with Crippen LogP contribution in [0.4, 0.5) is 0 Å². The van der Waals surface area contributed by atoms with Crippen molar-refractivity contribution in [2.75, 3.05) is 0 Å². The maximum Gasteiger partial charge on any atom is 0.311 e. The topological polar surface area (TPSA) is 93.1 Å². The van der Waals surface area contributed by atoms with Gasteiger partial charge in [0, 0.05) is 30.0 Å². The summed E-state index contributed by atoms with van der Waals surface area (Å²) in [7, 11) is 0. The molecule has 0 aliphatic rings. The lowest BCUT2D eigenvalue weighted by atomic mass is 10.0. The molecule has 0 spiro atoms. The second-order valence-electron chi connectivity index (χ2n) is 6.53.